The molecule has 0 amide bonds. The van der Waals surface area contributed by atoms with E-state index in [4.69, 9.17) is 11.8 Å². The van der Waals surface area contributed by atoms with Gasteiger partial charge in [0.05, 0.1) is 6.07 Å². The molecular weight excluding hydrogens is 118 g/mol. The molecule has 0 atom stereocenters. The Bertz CT molecular complexity index is 146. The average molecular weight is 124 g/mol. The van der Waals surface area contributed by atoms with E-state index in [1.807, 2.05) is 0 Å². The third-order valence-electron chi connectivity index (χ3n) is 0.564. The van der Waals surface area contributed by atoms with E-state index in [0.717, 1.165) is 0 Å². The first-order valence-corrected chi connectivity index (χ1v) is 2.37. The van der Waals surface area contributed by atoms with E-state index in [1.54, 1.807) is 6.07 Å². The zero-order chi connectivity index (χ0) is 7.11. The van der Waals surface area contributed by atoms with Gasteiger partial charge in [0.15, 0.2) is 0 Å². The second kappa shape index (κ2) is 4.85. The van der Waals surface area contributed by atoms with Crippen LogP contribution in [0, 0.1) is 17.9 Å². The lowest BCUT2D eigenvalue weighted by Crippen LogP contribution is -2.01. The lowest BCUT2D eigenvalue weighted by molar-refractivity contribution is -0.141. The molecule has 0 aliphatic rings. The van der Waals surface area contributed by atoms with E-state index in [0.29, 0.717) is 0 Å². The van der Waals surface area contributed by atoms with E-state index < -0.39 is 5.97 Å². The lowest BCUT2D eigenvalue weighted by atomic mass is 10.5. The Hall–Kier alpha value is -1.30. The maximum Gasteiger partial charge on any atom is 0.320 e. The van der Waals surface area contributed by atoms with Crippen LogP contribution in [0.25, 0.3) is 0 Å². The summed E-state index contributed by atoms with van der Waals surface area (Å²) in [5.74, 6) is -0.542. The molecule has 1 radical (unpaired) electrons. The van der Waals surface area contributed by atoms with Crippen LogP contribution in [0.5, 0.6) is 0 Å². The predicted molar refractivity (Wildman–Crippen MR) is 30.1 cm³/mol. The summed E-state index contributed by atoms with van der Waals surface area (Å²) in [5, 5.41) is 7.94. The quantitative estimate of drug-likeness (QED) is 0.512. The zero-order valence-electron chi connectivity index (χ0n) is 4.83. The first-order chi connectivity index (χ1) is 4.31. The highest BCUT2D eigenvalue weighted by atomic mass is 16.5. The van der Waals surface area contributed by atoms with Crippen molar-refractivity contribution < 1.29 is 9.53 Å². The minimum absolute atomic E-state index is 0.0700. The molecular formula is C6H6NO2. The third-order valence-corrected chi connectivity index (χ3v) is 0.564. The number of esters is 1. The fourth-order valence-electron chi connectivity index (χ4n) is 0.257. The van der Waals surface area contributed by atoms with Crippen molar-refractivity contribution in [2.24, 2.45) is 0 Å². The van der Waals surface area contributed by atoms with Crippen LogP contribution < -0.4 is 0 Å². The molecule has 0 aliphatic heterocycles. The number of nitriles is 1. The number of rotatable bonds is 3. The van der Waals surface area contributed by atoms with Crippen LogP contribution in [0.1, 0.15) is 6.42 Å². The van der Waals surface area contributed by atoms with Gasteiger partial charge >= 0.3 is 5.97 Å². The molecule has 0 spiro atoms. The molecule has 0 unspecified atom stereocenters. The van der Waals surface area contributed by atoms with Crippen molar-refractivity contribution >= 4 is 5.97 Å². The summed E-state index contributed by atoms with van der Waals surface area (Å²) >= 11 is 0. The van der Waals surface area contributed by atoms with Gasteiger partial charge in [-0.25, -0.2) is 0 Å². The fraction of sp³-hybridized carbons (Fsp3) is 0.333. The highest BCUT2D eigenvalue weighted by Gasteiger charge is 1.96. The highest BCUT2D eigenvalue weighted by Crippen LogP contribution is 1.82. The molecule has 0 fully saturated rings. The van der Waals surface area contributed by atoms with E-state index in [1.165, 1.54) is 6.08 Å². The fourth-order valence-corrected chi connectivity index (χ4v) is 0.257. The van der Waals surface area contributed by atoms with Gasteiger partial charge in [-0.15, -0.1) is 0 Å². The van der Waals surface area contributed by atoms with Crippen molar-refractivity contribution in [1.82, 2.24) is 0 Å². The molecule has 0 rings (SSSR count). The summed E-state index contributed by atoms with van der Waals surface area (Å²) in [6.07, 6.45) is 0.989. The van der Waals surface area contributed by atoms with E-state index in [2.05, 4.69) is 4.74 Å². The van der Waals surface area contributed by atoms with Gasteiger partial charge in [0.2, 0.25) is 0 Å². The van der Waals surface area contributed by atoms with Crippen molar-refractivity contribution in [1.29, 1.82) is 5.26 Å². The number of hydrogen-bond acceptors (Lipinski definition) is 3. The molecule has 0 heterocycles. The SMILES string of the molecule is [CH]=CCOC(=O)CC#N. The maximum absolute atomic E-state index is 10.3. The van der Waals surface area contributed by atoms with Gasteiger partial charge in [-0.05, 0) is 6.08 Å². The maximum atomic E-state index is 10.3. The van der Waals surface area contributed by atoms with Gasteiger partial charge in [-0.2, -0.15) is 5.26 Å². The van der Waals surface area contributed by atoms with Crippen molar-refractivity contribution in [3.05, 3.63) is 12.7 Å². The topological polar surface area (TPSA) is 50.1 Å². The van der Waals surface area contributed by atoms with Crippen molar-refractivity contribution in [2.45, 2.75) is 6.42 Å². The van der Waals surface area contributed by atoms with E-state index in [-0.39, 0.29) is 13.0 Å². The molecule has 9 heavy (non-hydrogen) atoms. The molecule has 47 valence electrons. The van der Waals surface area contributed by atoms with Crippen LogP contribution in [0.3, 0.4) is 0 Å². The summed E-state index contributed by atoms with van der Waals surface area (Å²) in [6.45, 7) is 4.96. The van der Waals surface area contributed by atoms with E-state index in [9.17, 15) is 4.79 Å². The summed E-state index contributed by atoms with van der Waals surface area (Å²) in [7, 11) is 0. The van der Waals surface area contributed by atoms with Crippen LogP contribution >= 0.6 is 0 Å². The number of hydrogen-bond donors (Lipinski definition) is 0. The highest BCUT2D eigenvalue weighted by molar-refractivity contribution is 5.71. The number of carbonyl (C=O) groups is 1. The summed E-state index contributed by atoms with van der Waals surface area (Å²) in [6, 6.07) is 1.65. The van der Waals surface area contributed by atoms with E-state index >= 15 is 0 Å². The van der Waals surface area contributed by atoms with Crippen molar-refractivity contribution in [3.8, 4) is 6.07 Å². The normalized spacial score (nSPS) is 7.44. The van der Waals surface area contributed by atoms with Crippen LogP contribution in [0.4, 0.5) is 0 Å². The second-order valence-corrected chi connectivity index (χ2v) is 1.25. The standard InChI is InChI=1S/C6H6NO2/c1-2-5-9-6(8)3-4-7/h1-2H,3,5H2. The number of ether oxygens (including phenoxy) is 1. The molecule has 0 saturated heterocycles. The largest absolute Gasteiger partial charge is 0.461 e. The Morgan fingerprint density at radius 1 is 1.89 bits per heavy atom. The van der Waals surface area contributed by atoms with Gasteiger partial charge in [0.1, 0.15) is 13.0 Å². The Morgan fingerprint density at radius 2 is 2.56 bits per heavy atom. The molecule has 0 saturated carbocycles. The molecule has 0 aromatic carbocycles. The molecule has 0 aliphatic carbocycles. The molecule has 0 aromatic rings. The zero-order valence-corrected chi connectivity index (χ0v) is 4.83. The Kier molecular flexibility index (Phi) is 4.15. The number of carbonyl (C=O) groups excluding carboxylic acids is 1. The Labute approximate surface area is 53.5 Å². The molecule has 3 nitrogen and oxygen atoms in total. The average Bonchev–Trinajstić information content (AvgIpc) is 1.85. The lowest BCUT2D eigenvalue weighted by Gasteiger charge is -1.93. The number of nitrogens with zero attached hydrogens (tertiary/aromatic N) is 1. The van der Waals surface area contributed by atoms with Gasteiger partial charge in [0, 0.05) is 0 Å². The first kappa shape index (κ1) is 7.70. The monoisotopic (exact) mass is 124 g/mol. The Balaban J connectivity index is 3.29. The molecule has 3 heteroatoms. The van der Waals surface area contributed by atoms with Crippen LogP contribution in [-0.2, 0) is 9.53 Å². The molecule has 0 bridgehead atoms. The summed E-state index contributed by atoms with van der Waals surface area (Å²) < 4.78 is 4.39. The second-order valence-electron chi connectivity index (χ2n) is 1.25. The van der Waals surface area contributed by atoms with Crippen LogP contribution in [-0.4, -0.2) is 12.6 Å². The summed E-state index contributed by atoms with van der Waals surface area (Å²) in [5.41, 5.74) is 0. The van der Waals surface area contributed by atoms with Gasteiger partial charge in [0.25, 0.3) is 0 Å². The van der Waals surface area contributed by atoms with Crippen LogP contribution in [0.2, 0.25) is 0 Å². The van der Waals surface area contributed by atoms with Crippen molar-refractivity contribution in [2.75, 3.05) is 6.61 Å². The predicted octanol–water partition coefficient (Wildman–Crippen LogP) is 0.432. The molecule has 0 N–H and O–H groups in total. The smallest absolute Gasteiger partial charge is 0.320 e. The van der Waals surface area contributed by atoms with Gasteiger partial charge < -0.3 is 4.74 Å². The first-order valence-electron chi connectivity index (χ1n) is 2.37. The third kappa shape index (κ3) is 4.56. The minimum Gasteiger partial charge on any atom is -0.461 e. The van der Waals surface area contributed by atoms with Gasteiger partial charge in [-0.3, -0.25) is 4.79 Å². The minimum atomic E-state index is -0.542. The Morgan fingerprint density at radius 3 is 3.00 bits per heavy atom. The van der Waals surface area contributed by atoms with Crippen molar-refractivity contribution in [3.63, 3.8) is 0 Å². The summed E-state index contributed by atoms with van der Waals surface area (Å²) in [4.78, 5) is 10.3. The molecule has 0 aromatic heterocycles. The van der Waals surface area contributed by atoms with Gasteiger partial charge in [-0.1, -0.05) is 6.58 Å². The van der Waals surface area contributed by atoms with Crippen LogP contribution in [0.15, 0.2) is 6.08 Å².